The minimum absolute atomic E-state index is 0.0741. The summed E-state index contributed by atoms with van der Waals surface area (Å²) < 4.78 is 12.4. The van der Waals surface area contributed by atoms with Crippen LogP contribution in [0.3, 0.4) is 0 Å². The number of hydrogen-bond donors (Lipinski definition) is 1. The van der Waals surface area contributed by atoms with Gasteiger partial charge in [-0.2, -0.15) is 5.26 Å². The van der Waals surface area contributed by atoms with Crippen LogP contribution in [0.2, 0.25) is 5.02 Å². The number of nitriles is 1. The van der Waals surface area contributed by atoms with Gasteiger partial charge in [0.05, 0.1) is 18.2 Å². The topological polar surface area (TPSA) is 102 Å². The molecule has 0 spiro atoms. The molecular weight excluding hydrogens is 420 g/mol. The highest BCUT2D eigenvalue weighted by Crippen LogP contribution is 2.29. The third-order valence-corrected chi connectivity index (χ3v) is 6.14. The number of ketones is 1. The zero-order chi connectivity index (χ0) is 22.9. The summed E-state index contributed by atoms with van der Waals surface area (Å²) in [6, 6.07) is 5.32. The van der Waals surface area contributed by atoms with Gasteiger partial charge >= 0.3 is 0 Å². The van der Waals surface area contributed by atoms with E-state index < -0.39 is 23.3 Å². The van der Waals surface area contributed by atoms with Crippen molar-refractivity contribution in [1.82, 2.24) is 4.57 Å². The standard InChI is InChI=1S/C23H25ClN2O5/c1-12-8-17(9-13(2)20(12)24)31-15(4)21(27)19-14(3)18(10-25)22(28)26(23(19)29)11-16-6-5-7-30-16/h8-9,15-16,29H,5-7,11H2,1-4H3. The second kappa shape index (κ2) is 9.13. The summed E-state index contributed by atoms with van der Waals surface area (Å²) in [7, 11) is 0. The Balaban J connectivity index is 1.99. The van der Waals surface area contributed by atoms with Crippen molar-refractivity contribution in [2.75, 3.05) is 6.61 Å². The lowest BCUT2D eigenvalue weighted by Crippen LogP contribution is -2.33. The predicted molar refractivity (Wildman–Crippen MR) is 116 cm³/mol. The van der Waals surface area contributed by atoms with Gasteiger partial charge in [0.1, 0.15) is 17.4 Å². The van der Waals surface area contributed by atoms with E-state index in [1.165, 1.54) is 6.92 Å². The number of benzene rings is 1. The fourth-order valence-corrected chi connectivity index (χ4v) is 3.95. The van der Waals surface area contributed by atoms with Crippen LogP contribution in [0.25, 0.3) is 0 Å². The minimum Gasteiger partial charge on any atom is -0.494 e. The number of halogens is 1. The number of aromatic nitrogens is 1. The normalized spacial score (nSPS) is 16.7. The Hall–Kier alpha value is -2.82. The summed E-state index contributed by atoms with van der Waals surface area (Å²) in [4.78, 5) is 26.0. The van der Waals surface area contributed by atoms with Crippen molar-refractivity contribution in [3.8, 4) is 17.7 Å². The largest absolute Gasteiger partial charge is 0.494 e. The van der Waals surface area contributed by atoms with Crippen molar-refractivity contribution >= 4 is 17.4 Å². The molecule has 1 aromatic heterocycles. The summed E-state index contributed by atoms with van der Waals surface area (Å²) in [5.74, 6) is -0.538. The van der Waals surface area contributed by atoms with Gasteiger partial charge in [0.2, 0.25) is 11.7 Å². The number of carbonyl (C=O) groups is 1. The van der Waals surface area contributed by atoms with Gasteiger partial charge in [-0.3, -0.25) is 14.2 Å². The molecule has 164 valence electrons. The molecule has 0 aliphatic carbocycles. The zero-order valence-electron chi connectivity index (χ0n) is 18.0. The molecule has 0 amide bonds. The Morgan fingerprint density at radius 1 is 1.39 bits per heavy atom. The van der Waals surface area contributed by atoms with Crippen LogP contribution in [-0.4, -0.2) is 34.3 Å². The molecule has 1 aliphatic rings. The molecule has 8 heteroatoms. The Morgan fingerprint density at radius 2 is 2.03 bits per heavy atom. The average molecular weight is 445 g/mol. The molecule has 0 saturated carbocycles. The van der Waals surface area contributed by atoms with Gasteiger partial charge in [-0.1, -0.05) is 11.6 Å². The minimum atomic E-state index is -0.968. The number of pyridine rings is 1. The molecular formula is C23H25ClN2O5. The quantitative estimate of drug-likeness (QED) is 0.679. The third-order valence-electron chi connectivity index (χ3n) is 5.55. The van der Waals surface area contributed by atoms with E-state index in [2.05, 4.69) is 0 Å². The van der Waals surface area contributed by atoms with Gasteiger partial charge in [0, 0.05) is 11.6 Å². The first-order valence-corrected chi connectivity index (χ1v) is 10.5. The van der Waals surface area contributed by atoms with Crippen LogP contribution in [-0.2, 0) is 11.3 Å². The summed E-state index contributed by atoms with van der Waals surface area (Å²) >= 11 is 6.19. The summed E-state index contributed by atoms with van der Waals surface area (Å²) in [5, 5.41) is 21.0. The fourth-order valence-electron chi connectivity index (χ4n) is 3.84. The molecule has 1 fully saturated rings. The van der Waals surface area contributed by atoms with Crippen LogP contribution in [0.15, 0.2) is 16.9 Å². The van der Waals surface area contributed by atoms with Crippen LogP contribution in [0.5, 0.6) is 11.6 Å². The Morgan fingerprint density at radius 3 is 2.58 bits per heavy atom. The molecule has 1 saturated heterocycles. The van der Waals surface area contributed by atoms with Crippen LogP contribution < -0.4 is 10.3 Å². The van der Waals surface area contributed by atoms with Crippen molar-refractivity contribution < 1.29 is 19.4 Å². The van der Waals surface area contributed by atoms with E-state index in [1.54, 1.807) is 19.1 Å². The van der Waals surface area contributed by atoms with Gasteiger partial charge in [0.25, 0.3) is 5.56 Å². The molecule has 31 heavy (non-hydrogen) atoms. The number of rotatable bonds is 6. The van der Waals surface area contributed by atoms with E-state index in [9.17, 15) is 20.0 Å². The SMILES string of the molecule is Cc1cc(OC(C)C(=O)c2c(C)c(C#N)c(=O)n(CC3CCCO3)c2O)cc(C)c1Cl. The van der Waals surface area contributed by atoms with Gasteiger partial charge in [0.15, 0.2) is 6.10 Å². The lowest BCUT2D eigenvalue weighted by molar-refractivity contribution is 0.0805. The lowest BCUT2D eigenvalue weighted by Gasteiger charge is -2.20. The molecule has 1 N–H and O–H groups in total. The van der Waals surface area contributed by atoms with Crippen LogP contribution >= 0.6 is 11.6 Å². The zero-order valence-corrected chi connectivity index (χ0v) is 18.7. The maximum Gasteiger partial charge on any atom is 0.271 e. The maximum atomic E-state index is 13.2. The molecule has 0 bridgehead atoms. The fraction of sp³-hybridized carbons (Fsp3) is 0.435. The first kappa shape index (κ1) is 22.9. The number of Topliss-reactive ketones (excluding diaryl/α,β-unsaturated/α-hetero) is 1. The van der Waals surface area contributed by atoms with E-state index in [1.807, 2.05) is 19.9 Å². The summed E-state index contributed by atoms with van der Waals surface area (Å²) in [6.07, 6.45) is 0.368. The van der Waals surface area contributed by atoms with Crippen molar-refractivity contribution in [1.29, 1.82) is 5.26 Å². The van der Waals surface area contributed by atoms with Crippen LogP contribution in [0.4, 0.5) is 0 Å². The molecule has 2 aromatic rings. The van der Waals surface area contributed by atoms with Crippen LogP contribution in [0, 0.1) is 32.1 Å². The number of carbonyl (C=O) groups excluding carboxylic acids is 1. The second-order valence-electron chi connectivity index (χ2n) is 7.86. The molecule has 1 aromatic carbocycles. The smallest absolute Gasteiger partial charge is 0.271 e. The molecule has 2 heterocycles. The molecule has 0 radical (unpaired) electrons. The highest BCUT2D eigenvalue weighted by molar-refractivity contribution is 6.32. The van der Waals surface area contributed by atoms with Crippen molar-refractivity contribution in [3.05, 3.63) is 55.3 Å². The molecule has 1 aliphatic heterocycles. The monoisotopic (exact) mass is 444 g/mol. The summed E-state index contributed by atoms with van der Waals surface area (Å²) in [6.45, 7) is 7.36. The number of ether oxygens (including phenoxy) is 2. The van der Waals surface area contributed by atoms with E-state index >= 15 is 0 Å². The highest BCUT2D eigenvalue weighted by Gasteiger charge is 2.29. The molecule has 3 rings (SSSR count). The average Bonchev–Trinajstić information content (AvgIpc) is 3.23. The van der Waals surface area contributed by atoms with E-state index in [4.69, 9.17) is 21.1 Å². The Bertz CT molecular complexity index is 1100. The van der Waals surface area contributed by atoms with E-state index in [-0.39, 0.29) is 29.3 Å². The Labute approximate surface area is 185 Å². The predicted octanol–water partition coefficient (Wildman–Crippen LogP) is 3.83. The first-order valence-electron chi connectivity index (χ1n) is 10.1. The maximum absolute atomic E-state index is 13.2. The van der Waals surface area contributed by atoms with Gasteiger partial charge in [-0.05, 0) is 69.4 Å². The number of aromatic hydroxyl groups is 1. The number of nitrogens with zero attached hydrogens (tertiary/aromatic N) is 2. The molecule has 2 atom stereocenters. The van der Waals surface area contributed by atoms with Crippen LogP contribution in [0.1, 0.15) is 52.4 Å². The Kier molecular flexibility index (Phi) is 6.73. The van der Waals surface area contributed by atoms with Gasteiger partial charge < -0.3 is 14.6 Å². The van der Waals surface area contributed by atoms with Crippen molar-refractivity contribution in [2.45, 2.75) is 59.3 Å². The number of hydrogen-bond acceptors (Lipinski definition) is 6. The van der Waals surface area contributed by atoms with E-state index in [0.717, 1.165) is 28.5 Å². The first-order chi connectivity index (χ1) is 14.6. The van der Waals surface area contributed by atoms with Gasteiger partial charge in [-0.15, -0.1) is 0 Å². The number of aryl methyl sites for hydroxylation is 2. The third kappa shape index (κ3) is 4.46. The van der Waals surface area contributed by atoms with Gasteiger partial charge in [-0.25, -0.2) is 0 Å². The highest BCUT2D eigenvalue weighted by atomic mass is 35.5. The van der Waals surface area contributed by atoms with Crippen molar-refractivity contribution in [3.63, 3.8) is 0 Å². The molecule has 7 nitrogen and oxygen atoms in total. The van der Waals surface area contributed by atoms with Crippen molar-refractivity contribution in [2.24, 2.45) is 0 Å². The summed E-state index contributed by atoms with van der Waals surface area (Å²) in [5.41, 5.74) is 0.854. The molecule has 2 unspecified atom stereocenters. The lowest BCUT2D eigenvalue weighted by atomic mass is 9.99. The van der Waals surface area contributed by atoms with E-state index in [0.29, 0.717) is 17.4 Å². The second-order valence-corrected chi connectivity index (χ2v) is 8.23.